The van der Waals surface area contributed by atoms with E-state index < -0.39 is 16.0 Å². The average Bonchev–Trinajstić information content (AvgIpc) is 2.62. The molecule has 3 aromatic carbocycles. The van der Waals surface area contributed by atoms with Gasteiger partial charge in [0, 0.05) is 0 Å². The van der Waals surface area contributed by atoms with Crippen LogP contribution in [-0.4, -0.2) is 21.5 Å². The Hall–Kier alpha value is -2.86. The fourth-order valence-electron chi connectivity index (χ4n) is 2.56. The Morgan fingerprint density at radius 2 is 1.68 bits per heavy atom. The highest BCUT2D eigenvalue weighted by molar-refractivity contribution is 7.92. The Kier molecular flexibility index (Phi) is 4.46. The summed E-state index contributed by atoms with van der Waals surface area (Å²) < 4.78 is 32.6. The molecule has 5 nitrogen and oxygen atoms in total. The van der Waals surface area contributed by atoms with Crippen molar-refractivity contribution < 1.29 is 17.9 Å². The molecule has 6 heteroatoms. The number of methoxy groups -OCH3 is 1. The fraction of sp³-hybridized carbons (Fsp3) is 0.105. The number of ether oxygens (including phenoxy) is 1. The van der Waals surface area contributed by atoms with Crippen LogP contribution in [0.25, 0.3) is 10.8 Å². The predicted molar refractivity (Wildman–Crippen MR) is 97.3 cm³/mol. The van der Waals surface area contributed by atoms with Crippen molar-refractivity contribution in [2.45, 2.75) is 11.8 Å². The molecule has 0 aromatic heterocycles. The summed E-state index contributed by atoms with van der Waals surface area (Å²) in [4.78, 5) is 11.7. The smallest absolute Gasteiger partial charge is 0.337 e. The zero-order valence-corrected chi connectivity index (χ0v) is 14.6. The second-order valence-corrected chi connectivity index (χ2v) is 7.32. The minimum atomic E-state index is -3.73. The lowest BCUT2D eigenvalue weighted by Crippen LogP contribution is -2.14. The van der Waals surface area contributed by atoms with E-state index in [0.717, 1.165) is 10.8 Å². The Morgan fingerprint density at radius 1 is 0.960 bits per heavy atom. The van der Waals surface area contributed by atoms with E-state index >= 15 is 0 Å². The largest absolute Gasteiger partial charge is 0.465 e. The minimum absolute atomic E-state index is 0.183. The third-order valence-electron chi connectivity index (χ3n) is 3.92. The number of esters is 1. The lowest BCUT2D eigenvalue weighted by Gasteiger charge is -2.12. The van der Waals surface area contributed by atoms with E-state index in [0.29, 0.717) is 16.8 Å². The van der Waals surface area contributed by atoms with E-state index in [-0.39, 0.29) is 4.90 Å². The third kappa shape index (κ3) is 3.49. The van der Waals surface area contributed by atoms with Crippen LogP contribution in [0.2, 0.25) is 0 Å². The average molecular weight is 355 g/mol. The number of hydrogen-bond acceptors (Lipinski definition) is 4. The molecule has 1 N–H and O–H groups in total. The van der Waals surface area contributed by atoms with Crippen LogP contribution < -0.4 is 4.72 Å². The summed E-state index contributed by atoms with van der Waals surface area (Å²) in [7, 11) is -2.43. The number of rotatable bonds is 4. The molecule has 0 spiro atoms. The molecule has 0 amide bonds. The van der Waals surface area contributed by atoms with Crippen LogP contribution in [0.3, 0.4) is 0 Å². The Bertz CT molecular complexity index is 1060. The maximum atomic E-state index is 12.7. The second-order valence-electron chi connectivity index (χ2n) is 5.64. The number of fused-ring (bicyclic) bond motifs is 1. The molecule has 128 valence electrons. The number of nitrogens with one attached hydrogen (secondary N) is 1. The monoisotopic (exact) mass is 355 g/mol. The van der Waals surface area contributed by atoms with E-state index in [2.05, 4.69) is 9.46 Å². The first-order valence-corrected chi connectivity index (χ1v) is 9.09. The van der Waals surface area contributed by atoms with Gasteiger partial charge in [0.25, 0.3) is 10.0 Å². The maximum absolute atomic E-state index is 12.7. The van der Waals surface area contributed by atoms with Crippen molar-refractivity contribution in [3.8, 4) is 0 Å². The lowest BCUT2D eigenvalue weighted by molar-refractivity contribution is 0.0600. The molecule has 0 heterocycles. The van der Waals surface area contributed by atoms with Crippen LogP contribution in [0.4, 0.5) is 5.69 Å². The summed E-state index contributed by atoms with van der Waals surface area (Å²) in [5, 5.41) is 1.82. The molecule has 0 radical (unpaired) electrons. The summed E-state index contributed by atoms with van der Waals surface area (Å²) in [5.74, 6) is -0.466. The number of aryl methyl sites for hydroxylation is 1. The van der Waals surface area contributed by atoms with Gasteiger partial charge in [0.2, 0.25) is 0 Å². The minimum Gasteiger partial charge on any atom is -0.465 e. The molecule has 0 saturated carbocycles. The van der Waals surface area contributed by atoms with Crippen molar-refractivity contribution in [1.82, 2.24) is 0 Å². The standard InChI is InChI=1S/C19H17NO4S/c1-13-11-16(19(21)24-2)8-10-18(13)20-25(22,23)17-9-7-14-5-3-4-6-15(14)12-17/h3-12,20H,1-2H3. The molecular weight excluding hydrogens is 338 g/mol. The Balaban J connectivity index is 1.94. The predicted octanol–water partition coefficient (Wildman–Crippen LogP) is 3.74. The topological polar surface area (TPSA) is 72.5 Å². The van der Waals surface area contributed by atoms with Crippen molar-refractivity contribution in [3.05, 3.63) is 71.8 Å². The van der Waals surface area contributed by atoms with Gasteiger partial charge in [0.1, 0.15) is 0 Å². The van der Waals surface area contributed by atoms with Crippen molar-refractivity contribution in [3.63, 3.8) is 0 Å². The summed E-state index contributed by atoms with van der Waals surface area (Å²) in [6.07, 6.45) is 0. The van der Waals surface area contributed by atoms with Crippen molar-refractivity contribution in [1.29, 1.82) is 0 Å². The number of sulfonamides is 1. The highest BCUT2D eigenvalue weighted by Gasteiger charge is 2.16. The zero-order chi connectivity index (χ0) is 18.0. The molecule has 25 heavy (non-hydrogen) atoms. The van der Waals surface area contributed by atoms with Crippen LogP contribution in [0.1, 0.15) is 15.9 Å². The summed E-state index contributed by atoms with van der Waals surface area (Å²) in [6.45, 7) is 1.73. The van der Waals surface area contributed by atoms with Crippen molar-refractivity contribution in [2.24, 2.45) is 0 Å². The molecule has 0 aliphatic heterocycles. The Labute approximate surface area is 146 Å². The van der Waals surface area contributed by atoms with E-state index in [1.54, 1.807) is 37.3 Å². The highest BCUT2D eigenvalue weighted by atomic mass is 32.2. The molecular formula is C19H17NO4S. The van der Waals surface area contributed by atoms with Gasteiger partial charge in [-0.25, -0.2) is 13.2 Å². The molecule has 0 aliphatic carbocycles. The number of carbonyl (C=O) groups excluding carboxylic acids is 1. The molecule has 0 saturated heterocycles. The van der Waals surface area contributed by atoms with Gasteiger partial charge in [0.05, 0.1) is 23.3 Å². The number of hydrogen-bond donors (Lipinski definition) is 1. The van der Waals surface area contributed by atoms with E-state index in [1.165, 1.54) is 13.2 Å². The first-order chi connectivity index (χ1) is 11.9. The van der Waals surface area contributed by atoms with Crippen LogP contribution in [0.15, 0.2) is 65.6 Å². The number of benzene rings is 3. The van der Waals surface area contributed by atoms with Gasteiger partial charge in [-0.15, -0.1) is 0 Å². The first-order valence-electron chi connectivity index (χ1n) is 7.61. The van der Waals surface area contributed by atoms with Gasteiger partial charge in [-0.1, -0.05) is 30.3 Å². The zero-order valence-electron chi connectivity index (χ0n) is 13.8. The molecule has 0 unspecified atom stereocenters. The van der Waals surface area contributed by atoms with Crippen LogP contribution >= 0.6 is 0 Å². The van der Waals surface area contributed by atoms with E-state index in [9.17, 15) is 13.2 Å². The van der Waals surface area contributed by atoms with Gasteiger partial charge in [-0.3, -0.25) is 4.72 Å². The molecule has 3 aromatic rings. The van der Waals surface area contributed by atoms with E-state index in [4.69, 9.17) is 0 Å². The van der Waals surface area contributed by atoms with Gasteiger partial charge in [0.15, 0.2) is 0 Å². The van der Waals surface area contributed by atoms with Gasteiger partial charge < -0.3 is 4.74 Å². The summed E-state index contributed by atoms with van der Waals surface area (Å²) in [5.41, 5.74) is 1.42. The highest BCUT2D eigenvalue weighted by Crippen LogP contribution is 2.24. The van der Waals surface area contributed by atoms with Gasteiger partial charge >= 0.3 is 5.97 Å². The maximum Gasteiger partial charge on any atom is 0.337 e. The molecule has 3 rings (SSSR count). The summed E-state index contributed by atoms with van der Waals surface area (Å²) in [6, 6.07) is 17.2. The SMILES string of the molecule is COC(=O)c1ccc(NS(=O)(=O)c2ccc3ccccc3c2)c(C)c1. The van der Waals surface area contributed by atoms with Crippen molar-refractivity contribution >= 4 is 32.5 Å². The number of anilines is 1. The van der Waals surface area contributed by atoms with Crippen LogP contribution in [0.5, 0.6) is 0 Å². The summed E-state index contributed by atoms with van der Waals surface area (Å²) >= 11 is 0. The fourth-order valence-corrected chi connectivity index (χ4v) is 3.73. The van der Waals surface area contributed by atoms with Crippen molar-refractivity contribution in [2.75, 3.05) is 11.8 Å². The van der Waals surface area contributed by atoms with E-state index in [1.807, 2.05) is 24.3 Å². The first kappa shape index (κ1) is 17.0. The van der Waals surface area contributed by atoms with Gasteiger partial charge in [-0.05, 0) is 53.6 Å². The van der Waals surface area contributed by atoms with Crippen LogP contribution in [-0.2, 0) is 14.8 Å². The Morgan fingerprint density at radius 3 is 2.36 bits per heavy atom. The molecule has 0 aliphatic rings. The third-order valence-corrected chi connectivity index (χ3v) is 5.29. The molecule has 0 atom stereocenters. The molecule has 0 bridgehead atoms. The van der Waals surface area contributed by atoms with Crippen LogP contribution in [0, 0.1) is 6.92 Å². The molecule has 0 fully saturated rings. The number of carbonyl (C=O) groups is 1. The lowest BCUT2D eigenvalue weighted by atomic mass is 10.1. The quantitative estimate of drug-likeness (QED) is 0.724. The second kappa shape index (κ2) is 6.57. The normalized spacial score (nSPS) is 11.3. The van der Waals surface area contributed by atoms with Gasteiger partial charge in [-0.2, -0.15) is 0 Å².